The third-order valence-electron chi connectivity index (χ3n) is 4.47. The Bertz CT molecular complexity index is 229. The Hall–Kier alpha value is -0.0800. The molecular formula is C14H28N2. The Balaban J connectivity index is 1.96. The zero-order chi connectivity index (χ0) is 11.8. The number of rotatable bonds is 1. The van der Waals surface area contributed by atoms with Gasteiger partial charge in [-0.05, 0) is 52.4 Å². The fourth-order valence-corrected chi connectivity index (χ4v) is 3.27. The lowest BCUT2D eigenvalue weighted by Gasteiger charge is -2.48. The van der Waals surface area contributed by atoms with Crippen molar-refractivity contribution in [1.82, 2.24) is 10.2 Å². The molecule has 1 saturated heterocycles. The molecule has 2 aliphatic rings. The van der Waals surface area contributed by atoms with Gasteiger partial charge in [0.15, 0.2) is 0 Å². The van der Waals surface area contributed by atoms with E-state index < -0.39 is 0 Å². The zero-order valence-electron chi connectivity index (χ0n) is 11.4. The second-order valence-electron chi connectivity index (χ2n) is 6.70. The fraction of sp³-hybridized carbons (Fsp3) is 1.00. The molecule has 1 N–H and O–H groups in total. The molecule has 2 fully saturated rings. The van der Waals surface area contributed by atoms with Crippen molar-refractivity contribution < 1.29 is 0 Å². The van der Waals surface area contributed by atoms with E-state index in [1.165, 1.54) is 32.2 Å². The van der Waals surface area contributed by atoms with Crippen LogP contribution in [-0.4, -0.2) is 35.6 Å². The number of piperazine rings is 1. The maximum Gasteiger partial charge on any atom is 0.0253 e. The normalized spacial score (nSPS) is 40.9. The van der Waals surface area contributed by atoms with Crippen molar-refractivity contribution in [2.24, 2.45) is 5.92 Å². The summed E-state index contributed by atoms with van der Waals surface area (Å²) >= 11 is 0. The van der Waals surface area contributed by atoms with Gasteiger partial charge in [0.05, 0.1) is 0 Å². The van der Waals surface area contributed by atoms with Crippen molar-refractivity contribution in [3.05, 3.63) is 0 Å². The van der Waals surface area contributed by atoms with Gasteiger partial charge in [0.2, 0.25) is 0 Å². The van der Waals surface area contributed by atoms with E-state index in [0.29, 0.717) is 11.6 Å². The summed E-state index contributed by atoms with van der Waals surface area (Å²) in [5, 5.41) is 3.64. The van der Waals surface area contributed by atoms with Gasteiger partial charge < -0.3 is 5.32 Å². The Labute approximate surface area is 101 Å². The lowest BCUT2D eigenvalue weighted by Crippen LogP contribution is -2.63. The van der Waals surface area contributed by atoms with E-state index in [-0.39, 0.29) is 0 Å². The van der Waals surface area contributed by atoms with Crippen LogP contribution < -0.4 is 5.32 Å². The smallest absolute Gasteiger partial charge is 0.0253 e. The molecule has 1 aliphatic carbocycles. The van der Waals surface area contributed by atoms with Crippen LogP contribution in [-0.2, 0) is 0 Å². The molecule has 0 amide bonds. The second kappa shape index (κ2) is 4.66. The summed E-state index contributed by atoms with van der Waals surface area (Å²) in [6.07, 6.45) is 5.70. The quantitative estimate of drug-likeness (QED) is 0.736. The van der Waals surface area contributed by atoms with Gasteiger partial charge in [0, 0.05) is 30.7 Å². The average molecular weight is 224 g/mol. The molecule has 94 valence electrons. The van der Waals surface area contributed by atoms with Crippen molar-refractivity contribution in [2.45, 2.75) is 71.0 Å². The van der Waals surface area contributed by atoms with Gasteiger partial charge in [-0.3, -0.25) is 4.90 Å². The van der Waals surface area contributed by atoms with Gasteiger partial charge in [0.25, 0.3) is 0 Å². The minimum Gasteiger partial charge on any atom is -0.309 e. The summed E-state index contributed by atoms with van der Waals surface area (Å²) < 4.78 is 0. The molecule has 1 aliphatic heterocycles. The highest BCUT2D eigenvalue weighted by Gasteiger charge is 2.35. The van der Waals surface area contributed by atoms with Gasteiger partial charge in [-0.25, -0.2) is 0 Å². The molecule has 1 heterocycles. The third-order valence-corrected chi connectivity index (χ3v) is 4.47. The molecular weight excluding hydrogens is 196 g/mol. The van der Waals surface area contributed by atoms with Gasteiger partial charge in [-0.1, -0.05) is 6.92 Å². The van der Waals surface area contributed by atoms with Crippen molar-refractivity contribution >= 4 is 0 Å². The van der Waals surface area contributed by atoms with Crippen LogP contribution in [0.3, 0.4) is 0 Å². The standard InChI is InChI=1S/C14H28N2/c1-11-5-7-13(8-6-11)16-10-14(3,4)15-9-12(16)2/h11-13,15H,5-10H2,1-4H3. The lowest BCUT2D eigenvalue weighted by atomic mass is 9.84. The summed E-state index contributed by atoms with van der Waals surface area (Å²) in [6, 6.07) is 1.57. The van der Waals surface area contributed by atoms with Crippen LogP contribution in [0.15, 0.2) is 0 Å². The Morgan fingerprint density at radius 3 is 2.31 bits per heavy atom. The topological polar surface area (TPSA) is 15.3 Å². The summed E-state index contributed by atoms with van der Waals surface area (Å²) in [5.74, 6) is 0.961. The summed E-state index contributed by atoms with van der Waals surface area (Å²) in [6.45, 7) is 11.8. The molecule has 1 saturated carbocycles. The summed E-state index contributed by atoms with van der Waals surface area (Å²) in [5.41, 5.74) is 0.301. The van der Waals surface area contributed by atoms with E-state index in [4.69, 9.17) is 0 Å². The molecule has 0 aromatic rings. The predicted octanol–water partition coefficient (Wildman–Crippen LogP) is 2.64. The summed E-state index contributed by atoms with van der Waals surface area (Å²) in [7, 11) is 0. The minimum absolute atomic E-state index is 0.301. The van der Waals surface area contributed by atoms with Crippen LogP contribution in [0.2, 0.25) is 0 Å². The van der Waals surface area contributed by atoms with Crippen molar-refractivity contribution in [2.75, 3.05) is 13.1 Å². The predicted molar refractivity (Wildman–Crippen MR) is 69.7 cm³/mol. The third kappa shape index (κ3) is 2.78. The molecule has 1 atom stereocenters. The highest BCUT2D eigenvalue weighted by Crippen LogP contribution is 2.30. The number of hydrogen-bond acceptors (Lipinski definition) is 2. The highest BCUT2D eigenvalue weighted by molar-refractivity contribution is 4.94. The van der Waals surface area contributed by atoms with Gasteiger partial charge in [-0.15, -0.1) is 0 Å². The molecule has 1 unspecified atom stereocenters. The molecule has 0 radical (unpaired) electrons. The van der Waals surface area contributed by atoms with Gasteiger partial charge >= 0.3 is 0 Å². The first-order valence-electron chi connectivity index (χ1n) is 6.99. The first-order valence-corrected chi connectivity index (χ1v) is 6.99. The molecule has 0 spiro atoms. The van der Waals surface area contributed by atoms with Crippen molar-refractivity contribution in [1.29, 1.82) is 0 Å². The minimum atomic E-state index is 0.301. The maximum absolute atomic E-state index is 3.64. The fourth-order valence-electron chi connectivity index (χ4n) is 3.27. The largest absolute Gasteiger partial charge is 0.309 e. The van der Waals surface area contributed by atoms with Crippen LogP contribution in [0.1, 0.15) is 53.4 Å². The van der Waals surface area contributed by atoms with E-state index in [0.717, 1.165) is 18.5 Å². The van der Waals surface area contributed by atoms with Crippen LogP contribution in [0.5, 0.6) is 0 Å². The van der Waals surface area contributed by atoms with E-state index in [1.807, 2.05) is 0 Å². The van der Waals surface area contributed by atoms with Crippen LogP contribution >= 0.6 is 0 Å². The Kier molecular flexibility index (Phi) is 3.60. The average Bonchev–Trinajstić information content (AvgIpc) is 2.23. The first-order chi connectivity index (χ1) is 7.48. The molecule has 0 aromatic carbocycles. The molecule has 2 rings (SSSR count). The van der Waals surface area contributed by atoms with E-state index in [1.54, 1.807) is 0 Å². The van der Waals surface area contributed by atoms with Gasteiger partial charge in [-0.2, -0.15) is 0 Å². The maximum atomic E-state index is 3.64. The summed E-state index contributed by atoms with van der Waals surface area (Å²) in [4.78, 5) is 2.77. The van der Waals surface area contributed by atoms with Crippen LogP contribution in [0.25, 0.3) is 0 Å². The van der Waals surface area contributed by atoms with E-state index >= 15 is 0 Å². The Morgan fingerprint density at radius 2 is 1.69 bits per heavy atom. The van der Waals surface area contributed by atoms with Crippen LogP contribution in [0.4, 0.5) is 0 Å². The van der Waals surface area contributed by atoms with E-state index in [9.17, 15) is 0 Å². The monoisotopic (exact) mass is 224 g/mol. The number of hydrogen-bond donors (Lipinski definition) is 1. The molecule has 2 nitrogen and oxygen atoms in total. The Morgan fingerprint density at radius 1 is 1.06 bits per heavy atom. The number of nitrogens with zero attached hydrogens (tertiary/aromatic N) is 1. The second-order valence-corrected chi connectivity index (χ2v) is 6.70. The highest BCUT2D eigenvalue weighted by atomic mass is 15.3. The van der Waals surface area contributed by atoms with E-state index in [2.05, 4.69) is 37.9 Å². The lowest BCUT2D eigenvalue weighted by molar-refractivity contribution is 0.0399. The number of nitrogens with one attached hydrogen (secondary N) is 1. The molecule has 0 bridgehead atoms. The van der Waals surface area contributed by atoms with Gasteiger partial charge in [0.1, 0.15) is 0 Å². The molecule has 16 heavy (non-hydrogen) atoms. The SMILES string of the molecule is CC1CCC(N2CC(C)(C)NCC2C)CC1. The van der Waals surface area contributed by atoms with Crippen molar-refractivity contribution in [3.63, 3.8) is 0 Å². The first kappa shape index (κ1) is 12.4. The molecule has 0 aromatic heterocycles. The van der Waals surface area contributed by atoms with Crippen LogP contribution in [0, 0.1) is 5.92 Å². The zero-order valence-corrected chi connectivity index (χ0v) is 11.4. The molecule has 2 heteroatoms. The van der Waals surface area contributed by atoms with Crippen molar-refractivity contribution in [3.8, 4) is 0 Å².